The molecular formula is C10H7F3N4. The fourth-order valence-corrected chi connectivity index (χ4v) is 0.939. The van der Waals surface area contributed by atoms with Crippen LogP contribution in [-0.2, 0) is 6.18 Å². The highest BCUT2D eigenvalue weighted by molar-refractivity contribution is 5.29. The van der Waals surface area contributed by atoms with Crippen molar-refractivity contribution in [2.75, 3.05) is 6.54 Å². The van der Waals surface area contributed by atoms with Crippen molar-refractivity contribution < 1.29 is 13.2 Å². The SMILES string of the molecule is [N-]=[N+]=NCCC#Cc1ccc(C(F)(F)F)cn1. The molecular weight excluding hydrogens is 233 g/mol. The maximum atomic E-state index is 12.2. The van der Waals surface area contributed by atoms with Crippen LogP contribution in [0.2, 0.25) is 0 Å². The summed E-state index contributed by atoms with van der Waals surface area (Å²) in [4.78, 5) is 6.10. The first-order chi connectivity index (χ1) is 8.04. The van der Waals surface area contributed by atoms with E-state index in [9.17, 15) is 13.2 Å². The van der Waals surface area contributed by atoms with E-state index in [0.29, 0.717) is 6.42 Å². The Bertz CT molecular complexity index is 475. The number of pyridine rings is 1. The van der Waals surface area contributed by atoms with Crippen LogP contribution in [0.1, 0.15) is 17.7 Å². The van der Waals surface area contributed by atoms with Crippen LogP contribution in [0.15, 0.2) is 23.4 Å². The number of azide groups is 1. The Hall–Kier alpha value is -2.19. The molecule has 0 bridgehead atoms. The Labute approximate surface area is 95.1 Å². The van der Waals surface area contributed by atoms with Gasteiger partial charge in [0.1, 0.15) is 5.69 Å². The zero-order valence-corrected chi connectivity index (χ0v) is 8.57. The van der Waals surface area contributed by atoms with Gasteiger partial charge in [-0.25, -0.2) is 4.98 Å². The van der Waals surface area contributed by atoms with Crippen LogP contribution in [0, 0.1) is 11.8 Å². The lowest BCUT2D eigenvalue weighted by molar-refractivity contribution is -0.137. The zero-order valence-electron chi connectivity index (χ0n) is 8.57. The predicted molar refractivity (Wildman–Crippen MR) is 54.7 cm³/mol. The summed E-state index contributed by atoms with van der Waals surface area (Å²) in [5.74, 6) is 5.21. The van der Waals surface area contributed by atoms with E-state index in [1.807, 2.05) is 0 Å². The van der Waals surface area contributed by atoms with Gasteiger partial charge < -0.3 is 0 Å². The Kier molecular flexibility index (Phi) is 4.37. The first-order valence-electron chi connectivity index (χ1n) is 4.57. The Morgan fingerprint density at radius 3 is 2.71 bits per heavy atom. The molecule has 1 heterocycles. The second kappa shape index (κ2) is 5.77. The molecule has 0 aliphatic heterocycles. The highest BCUT2D eigenvalue weighted by Gasteiger charge is 2.30. The van der Waals surface area contributed by atoms with Crippen LogP contribution in [-0.4, -0.2) is 11.5 Å². The minimum atomic E-state index is -4.39. The molecule has 17 heavy (non-hydrogen) atoms. The van der Waals surface area contributed by atoms with Crippen LogP contribution in [0.3, 0.4) is 0 Å². The van der Waals surface area contributed by atoms with E-state index in [1.165, 1.54) is 6.07 Å². The Morgan fingerprint density at radius 1 is 1.41 bits per heavy atom. The van der Waals surface area contributed by atoms with Crippen molar-refractivity contribution in [2.24, 2.45) is 5.11 Å². The largest absolute Gasteiger partial charge is 0.417 e. The summed E-state index contributed by atoms with van der Waals surface area (Å²) in [6.07, 6.45) is -3.31. The summed E-state index contributed by atoms with van der Waals surface area (Å²) in [5.41, 5.74) is 7.42. The number of rotatable bonds is 2. The molecule has 0 aliphatic carbocycles. The van der Waals surface area contributed by atoms with Crippen molar-refractivity contribution in [1.82, 2.24) is 4.98 Å². The molecule has 0 saturated carbocycles. The van der Waals surface area contributed by atoms with Crippen molar-refractivity contribution in [2.45, 2.75) is 12.6 Å². The average Bonchev–Trinajstić information content (AvgIpc) is 2.28. The van der Waals surface area contributed by atoms with Crippen LogP contribution >= 0.6 is 0 Å². The van der Waals surface area contributed by atoms with Gasteiger partial charge in [-0.05, 0) is 23.6 Å². The standard InChI is InChI=1S/C10H7F3N4/c11-10(12,13)8-4-5-9(15-7-8)3-1-2-6-16-17-14/h4-5,7H,2,6H2. The minimum Gasteiger partial charge on any atom is -0.247 e. The summed E-state index contributed by atoms with van der Waals surface area (Å²) >= 11 is 0. The van der Waals surface area contributed by atoms with Gasteiger partial charge in [-0.15, -0.1) is 0 Å². The van der Waals surface area contributed by atoms with Crippen LogP contribution in [0.4, 0.5) is 13.2 Å². The van der Waals surface area contributed by atoms with Crippen LogP contribution in [0.5, 0.6) is 0 Å². The number of aromatic nitrogens is 1. The maximum Gasteiger partial charge on any atom is 0.417 e. The number of halogens is 3. The molecule has 0 atom stereocenters. The molecule has 0 spiro atoms. The molecule has 0 N–H and O–H groups in total. The van der Waals surface area contributed by atoms with Crippen molar-refractivity contribution in [3.8, 4) is 11.8 Å². The predicted octanol–water partition coefficient (Wildman–Crippen LogP) is 3.15. The van der Waals surface area contributed by atoms with Gasteiger partial charge in [0.25, 0.3) is 0 Å². The summed E-state index contributed by atoms with van der Waals surface area (Å²) < 4.78 is 36.6. The third kappa shape index (κ3) is 4.45. The molecule has 88 valence electrons. The van der Waals surface area contributed by atoms with E-state index >= 15 is 0 Å². The van der Waals surface area contributed by atoms with Crippen molar-refractivity contribution >= 4 is 0 Å². The van der Waals surface area contributed by atoms with Crippen molar-refractivity contribution in [3.63, 3.8) is 0 Å². The second-order valence-corrected chi connectivity index (χ2v) is 2.94. The van der Waals surface area contributed by atoms with Crippen LogP contribution in [0.25, 0.3) is 10.4 Å². The molecule has 0 amide bonds. The minimum absolute atomic E-state index is 0.226. The lowest BCUT2D eigenvalue weighted by Crippen LogP contribution is -2.05. The highest BCUT2D eigenvalue weighted by Crippen LogP contribution is 2.28. The van der Waals surface area contributed by atoms with E-state index in [2.05, 4.69) is 26.9 Å². The molecule has 7 heteroatoms. The molecule has 0 aromatic carbocycles. The van der Waals surface area contributed by atoms with Gasteiger partial charge in [0.05, 0.1) is 5.56 Å². The van der Waals surface area contributed by atoms with Gasteiger partial charge in [0.15, 0.2) is 0 Å². The van der Waals surface area contributed by atoms with Gasteiger partial charge in [-0.2, -0.15) is 13.2 Å². The second-order valence-electron chi connectivity index (χ2n) is 2.94. The van der Waals surface area contributed by atoms with Gasteiger partial charge in [0.2, 0.25) is 0 Å². The maximum absolute atomic E-state index is 12.2. The smallest absolute Gasteiger partial charge is 0.247 e. The monoisotopic (exact) mass is 240 g/mol. The Morgan fingerprint density at radius 2 is 2.18 bits per heavy atom. The van der Waals surface area contributed by atoms with E-state index in [1.54, 1.807) is 0 Å². The normalized spacial score (nSPS) is 10.1. The summed E-state index contributed by atoms with van der Waals surface area (Å²) in [7, 11) is 0. The van der Waals surface area contributed by atoms with Crippen molar-refractivity contribution in [3.05, 3.63) is 40.0 Å². The molecule has 4 nitrogen and oxygen atoms in total. The van der Waals surface area contributed by atoms with Gasteiger partial charge in [-0.1, -0.05) is 11.0 Å². The summed E-state index contributed by atoms with van der Waals surface area (Å²) in [6, 6.07) is 2.12. The third-order valence-corrected chi connectivity index (χ3v) is 1.71. The Balaban J connectivity index is 2.65. The zero-order chi connectivity index (χ0) is 12.7. The van der Waals surface area contributed by atoms with Crippen molar-refractivity contribution in [1.29, 1.82) is 0 Å². The number of hydrogen-bond donors (Lipinski definition) is 0. The first-order valence-corrected chi connectivity index (χ1v) is 4.57. The fraction of sp³-hybridized carbons (Fsp3) is 0.300. The molecule has 0 saturated heterocycles. The molecule has 1 rings (SSSR count). The lowest BCUT2D eigenvalue weighted by atomic mass is 10.2. The van der Waals surface area contributed by atoms with Gasteiger partial charge in [-0.3, -0.25) is 0 Å². The summed E-state index contributed by atoms with van der Waals surface area (Å²) in [5, 5.41) is 3.26. The van der Waals surface area contributed by atoms with Gasteiger partial charge in [0, 0.05) is 24.1 Å². The van der Waals surface area contributed by atoms with Gasteiger partial charge >= 0.3 is 6.18 Å². The molecule has 0 unspecified atom stereocenters. The number of nitrogens with zero attached hydrogens (tertiary/aromatic N) is 4. The number of alkyl halides is 3. The van der Waals surface area contributed by atoms with E-state index in [0.717, 1.165) is 12.3 Å². The first kappa shape index (κ1) is 12.9. The quantitative estimate of drug-likeness (QED) is 0.257. The topological polar surface area (TPSA) is 61.7 Å². The van der Waals surface area contributed by atoms with E-state index < -0.39 is 11.7 Å². The molecule has 0 fully saturated rings. The third-order valence-electron chi connectivity index (χ3n) is 1.71. The van der Waals surface area contributed by atoms with Crippen LogP contribution < -0.4 is 0 Å². The molecule has 0 radical (unpaired) electrons. The molecule has 1 aromatic rings. The molecule has 0 aliphatic rings. The van der Waals surface area contributed by atoms with E-state index in [-0.39, 0.29) is 12.2 Å². The van der Waals surface area contributed by atoms with E-state index in [4.69, 9.17) is 5.53 Å². The fourth-order valence-electron chi connectivity index (χ4n) is 0.939. The lowest BCUT2D eigenvalue weighted by Gasteiger charge is -2.04. The number of hydrogen-bond acceptors (Lipinski definition) is 2. The average molecular weight is 240 g/mol. The molecule has 1 aromatic heterocycles. The highest BCUT2D eigenvalue weighted by atomic mass is 19.4. The summed E-state index contributed by atoms with van der Waals surface area (Å²) in [6.45, 7) is 0.226.